The first-order valence-electron chi connectivity index (χ1n) is 7.22. The van der Waals surface area contributed by atoms with Crippen LogP contribution in [0.1, 0.15) is 40.0 Å². The van der Waals surface area contributed by atoms with E-state index in [1.807, 2.05) is 0 Å². The molecule has 1 aliphatic heterocycles. The van der Waals surface area contributed by atoms with Crippen molar-refractivity contribution >= 4 is 0 Å². The Hall–Kier alpha value is -0.120. The molecular weight excluding hydrogens is 212 g/mol. The summed E-state index contributed by atoms with van der Waals surface area (Å²) < 4.78 is 5.97. The van der Waals surface area contributed by atoms with Crippen LogP contribution in [0.2, 0.25) is 0 Å². The van der Waals surface area contributed by atoms with Gasteiger partial charge in [-0.1, -0.05) is 27.2 Å². The van der Waals surface area contributed by atoms with Crippen molar-refractivity contribution in [3.63, 3.8) is 0 Å². The predicted molar refractivity (Wildman–Crippen MR) is 73.4 cm³/mol. The minimum Gasteiger partial charge on any atom is -0.374 e. The molecule has 0 saturated carbocycles. The third kappa shape index (κ3) is 4.94. The number of morpholine rings is 1. The average Bonchev–Trinajstić information content (AvgIpc) is 2.30. The van der Waals surface area contributed by atoms with Crippen LogP contribution in [0, 0.1) is 5.92 Å². The number of nitrogens with zero attached hydrogens (tertiary/aromatic N) is 1. The van der Waals surface area contributed by atoms with E-state index in [9.17, 15) is 0 Å². The minimum atomic E-state index is 0.363. The largest absolute Gasteiger partial charge is 0.374 e. The summed E-state index contributed by atoms with van der Waals surface area (Å²) in [6.45, 7) is 11.0. The van der Waals surface area contributed by atoms with Crippen LogP contribution in [0.3, 0.4) is 0 Å². The summed E-state index contributed by atoms with van der Waals surface area (Å²) in [5, 5.41) is 3.69. The lowest BCUT2D eigenvalue weighted by Crippen LogP contribution is -2.53. The van der Waals surface area contributed by atoms with E-state index in [0.717, 1.165) is 26.2 Å². The third-order valence-corrected chi connectivity index (χ3v) is 3.68. The second-order valence-corrected chi connectivity index (χ2v) is 5.42. The number of nitrogens with one attached hydrogen (secondary N) is 1. The molecular formula is C14H30N2O. The first kappa shape index (κ1) is 14.9. The van der Waals surface area contributed by atoms with Crippen LogP contribution >= 0.6 is 0 Å². The van der Waals surface area contributed by atoms with Crippen molar-refractivity contribution in [1.82, 2.24) is 10.2 Å². The summed E-state index contributed by atoms with van der Waals surface area (Å²) in [5.41, 5.74) is 0. The summed E-state index contributed by atoms with van der Waals surface area (Å²) in [4.78, 5) is 2.38. The molecule has 102 valence electrons. The second kappa shape index (κ2) is 8.06. The molecule has 3 unspecified atom stereocenters. The van der Waals surface area contributed by atoms with Crippen molar-refractivity contribution in [2.75, 3.05) is 33.3 Å². The normalized spacial score (nSPS) is 25.8. The van der Waals surface area contributed by atoms with E-state index >= 15 is 0 Å². The van der Waals surface area contributed by atoms with Gasteiger partial charge in [-0.2, -0.15) is 0 Å². The molecule has 3 heteroatoms. The summed E-state index contributed by atoms with van der Waals surface area (Å²) in [6.07, 6.45) is 4.10. The van der Waals surface area contributed by atoms with E-state index in [-0.39, 0.29) is 0 Å². The van der Waals surface area contributed by atoms with Crippen LogP contribution in [-0.2, 0) is 4.74 Å². The maximum atomic E-state index is 5.97. The van der Waals surface area contributed by atoms with E-state index in [0.29, 0.717) is 18.1 Å². The molecule has 0 radical (unpaired) electrons. The summed E-state index contributed by atoms with van der Waals surface area (Å²) >= 11 is 0. The Bertz CT molecular complexity index is 199. The number of hydrogen-bond acceptors (Lipinski definition) is 3. The van der Waals surface area contributed by atoms with Crippen molar-refractivity contribution in [3.8, 4) is 0 Å². The van der Waals surface area contributed by atoms with Crippen LogP contribution in [0.25, 0.3) is 0 Å². The molecule has 3 nitrogen and oxygen atoms in total. The van der Waals surface area contributed by atoms with Gasteiger partial charge in [0.15, 0.2) is 0 Å². The van der Waals surface area contributed by atoms with E-state index in [1.165, 1.54) is 19.3 Å². The third-order valence-electron chi connectivity index (χ3n) is 3.68. The Labute approximate surface area is 107 Å². The zero-order chi connectivity index (χ0) is 12.7. The molecule has 0 aromatic carbocycles. The number of ether oxygens (including phenoxy) is 1. The fourth-order valence-electron chi connectivity index (χ4n) is 2.67. The number of likely N-dealkylation sites (N-methyl/N-ethyl adjacent to an activating group) is 1. The molecule has 0 spiro atoms. The zero-order valence-corrected chi connectivity index (χ0v) is 12.0. The Balaban J connectivity index is 2.53. The molecule has 3 atom stereocenters. The van der Waals surface area contributed by atoms with Gasteiger partial charge in [0.25, 0.3) is 0 Å². The van der Waals surface area contributed by atoms with Crippen LogP contribution < -0.4 is 5.32 Å². The van der Waals surface area contributed by atoms with Gasteiger partial charge in [0.2, 0.25) is 0 Å². The van der Waals surface area contributed by atoms with Crippen molar-refractivity contribution in [3.05, 3.63) is 0 Å². The topological polar surface area (TPSA) is 24.5 Å². The standard InChI is InChI=1S/C14H30N2O/c1-5-7-12(3)14(15-8-6-2)13-11-16(4)9-10-17-13/h12-15H,5-11H2,1-4H3. The number of rotatable bonds is 7. The van der Waals surface area contributed by atoms with Crippen LogP contribution in [0.5, 0.6) is 0 Å². The average molecular weight is 242 g/mol. The fourth-order valence-corrected chi connectivity index (χ4v) is 2.67. The van der Waals surface area contributed by atoms with Gasteiger partial charge in [-0.25, -0.2) is 0 Å². The van der Waals surface area contributed by atoms with Crippen molar-refractivity contribution in [2.24, 2.45) is 5.92 Å². The van der Waals surface area contributed by atoms with Gasteiger partial charge in [0, 0.05) is 19.1 Å². The molecule has 0 aliphatic carbocycles. The zero-order valence-electron chi connectivity index (χ0n) is 12.0. The van der Waals surface area contributed by atoms with E-state index in [1.54, 1.807) is 0 Å². The highest BCUT2D eigenvalue weighted by Gasteiger charge is 2.29. The smallest absolute Gasteiger partial charge is 0.0857 e. The number of hydrogen-bond donors (Lipinski definition) is 1. The van der Waals surface area contributed by atoms with Gasteiger partial charge in [-0.05, 0) is 32.4 Å². The van der Waals surface area contributed by atoms with Gasteiger partial charge >= 0.3 is 0 Å². The van der Waals surface area contributed by atoms with Gasteiger partial charge in [-0.3, -0.25) is 0 Å². The highest BCUT2D eigenvalue weighted by Crippen LogP contribution is 2.18. The Kier molecular flexibility index (Phi) is 7.09. The molecule has 1 saturated heterocycles. The Morgan fingerprint density at radius 2 is 2.12 bits per heavy atom. The lowest BCUT2D eigenvalue weighted by Gasteiger charge is -2.38. The van der Waals surface area contributed by atoms with Crippen LogP contribution in [-0.4, -0.2) is 50.3 Å². The van der Waals surface area contributed by atoms with E-state index < -0.39 is 0 Å². The molecule has 0 amide bonds. The molecule has 0 aromatic rings. The van der Waals surface area contributed by atoms with Gasteiger partial charge < -0.3 is 15.0 Å². The maximum absolute atomic E-state index is 5.97. The fraction of sp³-hybridized carbons (Fsp3) is 1.00. The van der Waals surface area contributed by atoms with E-state index in [4.69, 9.17) is 4.74 Å². The predicted octanol–water partition coefficient (Wildman–Crippen LogP) is 2.12. The Morgan fingerprint density at radius 3 is 2.71 bits per heavy atom. The molecule has 1 rings (SSSR count). The lowest BCUT2D eigenvalue weighted by molar-refractivity contribution is -0.0485. The van der Waals surface area contributed by atoms with Crippen molar-refractivity contribution in [1.29, 1.82) is 0 Å². The highest BCUT2D eigenvalue weighted by atomic mass is 16.5. The van der Waals surface area contributed by atoms with Crippen molar-refractivity contribution in [2.45, 2.75) is 52.2 Å². The first-order chi connectivity index (χ1) is 8.19. The highest BCUT2D eigenvalue weighted by molar-refractivity contribution is 4.85. The monoisotopic (exact) mass is 242 g/mol. The first-order valence-corrected chi connectivity index (χ1v) is 7.22. The minimum absolute atomic E-state index is 0.363. The van der Waals surface area contributed by atoms with Gasteiger partial charge in [0.1, 0.15) is 0 Å². The molecule has 0 bridgehead atoms. The quantitative estimate of drug-likeness (QED) is 0.740. The van der Waals surface area contributed by atoms with Gasteiger partial charge in [-0.15, -0.1) is 0 Å². The molecule has 1 N–H and O–H groups in total. The summed E-state index contributed by atoms with van der Waals surface area (Å²) in [7, 11) is 2.19. The molecule has 1 fully saturated rings. The molecule has 0 aromatic heterocycles. The van der Waals surface area contributed by atoms with Gasteiger partial charge in [0.05, 0.1) is 12.7 Å². The summed E-state index contributed by atoms with van der Waals surface area (Å²) in [6, 6.07) is 0.512. The lowest BCUT2D eigenvalue weighted by atomic mass is 9.91. The molecule has 1 heterocycles. The van der Waals surface area contributed by atoms with Crippen LogP contribution in [0.4, 0.5) is 0 Å². The maximum Gasteiger partial charge on any atom is 0.0857 e. The summed E-state index contributed by atoms with van der Waals surface area (Å²) in [5.74, 6) is 0.697. The van der Waals surface area contributed by atoms with Crippen molar-refractivity contribution < 1.29 is 4.74 Å². The van der Waals surface area contributed by atoms with Crippen LogP contribution in [0.15, 0.2) is 0 Å². The van der Waals surface area contributed by atoms with E-state index in [2.05, 4.69) is 38.0 Å². The second-order valence-electron chi connectivity index (χ2n) is 5.42. The Morgan fingerprint density at radius 1 is 1.35 bits per heavy atom. The SMILES string of the molecule is CCCNC(C(C)CCC)C1CN(C)CCO1. The molecule has 1 aliphatic rings. The molecule has 17 heavy (non-hydrogen) atoms.